The molecule has 3 rings (SSSR count). The van der Waals surface area contributed by atoms with E-state index in [1.807, 2.05) is 48.5 Å². The molecule has 0 aromatic heterocycles. The topological polar surface area (TPSA) is 37.4 Å². The number of fused-ring (bicyclic) bond motifs is 1. The number of carbonyl (C=O) groups excluding carboxylic acids is 2. The first-order chi connectivity index (χ1) is 10.2. The predicted molar refractivity (Wildman–Crippen MR) is 81.0 cm³/mol. The number of benzene rings is 2. The van der Waals surface area contributed by atoms with E-state index in [2.05, 4.69) is 0 Å². The van der Waals surface area contributed by atoms with Crippen LogP contribution in [0.2, 0.25) is 0 Å². The van der Waals surface area contributed by atoms with E-state index in [-0.39, 0.29) is 18.4 Å². The van der Waals surface area contributed by atoms with E-state index in [0.29, 0.717) is 12.1 Å². The maximum Gasteiger partial charge on any atom is 0.255 e. The summed E-state index contributed by atoms with van der Waals surface area (Å²) in [6, 6.07) is 16.9. The van der Waals surface area contributed by atoms with Crippen molar-refractivity contribution in [3.8, 4) is 0 Å². The lowest BCUT2D eigenvalue weighted by atomic mass is 10.0. The smallest absolute Gasteiger partial charge is 0.255 e. The summed E-state index contributed by atoms with van der Waals surface area (Å²) in [5.41, 5.74) is 2.58. The molecule has 3 nitrogen and oxygen atoms in total. The fourth-order valence-corrected chi connectivity index (χ4v) is 2.93. The molecular formula is C17H14ClNO2. The van der Waals surface area contributed by atoms with Crippen molar-refractivity contribution in [2.45, 2.75) is 19.0 Å². The molecule has 2 aromatic rings. The summed E-state index contributed by atoms with van der Waals surface area (Å²) < 4.78 is 0. The normalized spacial score (nSPS) is 16.9. The van der Waals surface area contributed by atoms with Gasteiger partial charge in [0, 0.05) is 18.5 Å². The first-order valence-corrected chi connectivity index (χ1v) is 7.17. The fraction of sp³-hybridized carbons (Fsp3) is 0.176. The molecule has 21 heavy (non-hydrogen) atoms. The Labute approximate surface area is 128 Å². The third-order valence-corrected chi connectivity index (χ3v) is 3.89. The van der Waals surface area contributed by atoms with Crippen LogP contribution in [0.5, 0.6) is 0 Å². The zero-order valence-electron chi connectivity index (χ0n) is 11.3. The number of amides is 1. The minimum atomic E-state index is -0.428. The lowest BCUT2D eigenvalue weighted by Gasteiger charge is -2.24. The van der Waals surface area contributed by atoms with Crippen LogP contribution in [0.25, 0.3) is 0 Å². The first-order valence-electron chi connectivity index (χ1n) is 6.79. The van der Waals surface area contributed by atoms with E-state index >= 15 is 0 Å². The van der Waals surface area contributed by atoms with Gasteiger partial charge in [-0.05, 0) is 28.8 Å². The summed E-state index contributed by atoms with van der Waals surface area (Å²) in [6.07, 6.45) is 0.136. The molecule has 106 valence electrons. The van der Waals surface area contributed by atoms with Crippen LogP contribution in [0.1, 0.15) is 33.9 Å². The molecular weight excluding hydrogens is 286 g/mol. The van der Waals surface area contributed by atoms with Crippen molar-refractivity contribution in [1.82, 2.24) is 4.90 Å². The van der Waals surface area contributed by atoms with Crippen LogP contribution in [-0.2, 0) is 11.3 Å². The Morgan fingerprint density at radius 3 is 2.43 bits per heavy atom. The lowest BCUT2D eigenvalue weighted by molar-refractivity contribution is -0.112. The zero-order chi connectivity index (χ0) is 14.8. The van der Waals surface area contributed by atoms with Crippen LogP contribution >= 0.6 is 11.6 Å². The standard InChI is InChI=1S/C17H14ClNO2/c18-16(20)10-15-13-8-4-5-9-14(13)17(21)19(15)11-12-6-2-1-3-7-12/h1-9,15H,10-11H2. The van der Waals surface area contributed by atoms with Crippen LogP contribution < -0.4 is 0 Å². The highest BCUT2D eigenvalue weighted by molar-refractivity contribution is 6.63. The average Bonchev–Trinajstić information content (AvgIpc) is 2.74. The third kappa shape index (κ3) is 2.69. The van der Waals surface area contributed by atoms with Crippen molar-refractivity contribution in [1.29, 1.82) is 0 Å². The number of carbonyl (C=O) groups is 2. The van der Waals surface area contributed by atoms with Crippen LogP contribution in [0.3, 0.4) is 0 Å². The van der Waals surface area contributed by atoms with Crippen molar-refractivity contribution < 1.29 is 9.59 Å². The molecule has 2 aromatic carbocycles. The molecule has 0 fully saturated rings. The van der Waals surface area contributed by atoms with Gasteiger partial charge in [0.25, 0.3) is 5.91 Å². The summed E-state index contributed by atoms with van der Waals surface area (Å²) in [5, 5.41) is -0.428. The van der Waals surface area contributed by atoms with Gasteiger partial charge in [-0.15, -0.1) is 0 Å². The van der Waals surface area contributed by atoms with Crippen molar-refractivity contribution in [3.63, 3.8) is 0 Å². The van der Waals surface area contributed by atoms with E-state index in [1.54, 1.807) is 11.0 Å². The van der Waals surface area contributed by atoms with E-state index in [4.69, 9.17) is 11.6 Å². The number of hydrogen-bond donors (Lipinski definition) is 0. The monoisotopic (exact) mass is 299 g/mol. The molecule has 0 saturated heterocycles. The predicted octanol–water partition coefficient (Wildman–Crippen LogP) is 3.54. The third-order valence-electron chi connectivity index (χ3n) is 3.74. The van der Waals surface area contributed by atoms with E-state index in [0.717, 1.165) is 11.1 Å². The number of rotatable bonds is 4. The van der Waals surface area contributed by atoms with E-state index in [9.17, 15) is 9.59 Å². The Morgan fingerprint density at radius 1 is 1.05 bits per heavy atom. The van der Waals surface area contributed by atoms with Crippen molar-refractivity contribution >= 4 is 22.8 Å². The van der Waals surface area contributed by atoms with Crippen LogP contribution in [0.4, 0.5) is 0 Å². The first kappa shape index (κ1) is 13.8. The number of nitrogens with zero attached hydrogens (tertiary/aromatic N) is 1. The van der Waals surface area contributed by atoms with Gasteiger partial charge in [-0.3, -0.25) is 9.59 Å². The Balaban J connectivity index is 1.95. The molecule has 0 spiro atoms. The van der Waals surface area contributed by atoms with Crippen LogP contribution in [-0.4, -0.2) is 16.0 Å². The number of hydrogen-bond acceptors (Lipinski definition) is 2. The minimum Gasteiger partial charge on any atom is -0.327 e. The number of halogens is 1. The van der Waals surface area contributed by atoms with Gasteiger partial charge in [0.15, 0.2) is 0 Å². The molecule has 1 aliphatic heterocycles. The Hall–Kier alpha value is -2.13. The van der Waals surface area contributed by atoms with E-state index in [1.165, 1.54) is 0 Å². The maximum absolute atomic E-state index is 12.6. The molecule has 0 aliphatic carbocycles. The van der Waals surface area contributed by atoms with Crippen molar-refractivity contribution in [2.75, 3.05) is 0 Å². The molecule has 4 heteroatoms. The average molecular weight is 300 g/mol. The molecule has 0 radical (unpaired) electrons. The van der Waals surface area contributed by atoms with Crippen LogP contribution in [0.15, 0.2) is 54.6 Å². The SMILES string of the molecule is O=C(Cl)CC1c2ccccc2C(=O)N1Cc1ccccc1. The Kier molecular flexibility index (Phi) is 3.76. The highest BCUT2D eigenvalue weighted by atomic mass is 35.5. The summed E-state index contributed by atoms with van der Waals surface area (Å²) in [4.78, 5) is 25.6. The van der Waals surface area contributed by atoms with Crippen molar-refractivity contribution in [2.24, 2.45) is 0 Å². The quantitative estimate of drug-likeness (QED) is 0.810. The second-order valence-electron chi connectivity index (χ2n) is 5.08. The summed E-state index contributed by atoms with van der Waals surface area (Å²) >= 11 is 5.56. The minimum absolute atomic E-state index is 0.0441. The van der Waals surface area contributed by atoms with Gasteiger partial charge in [-0.25, -0.2) is 0 Å². The second kappa shape index (κ2) is 5.70. The van der Waals surface area contributed by atoms with Gasteiger partial charge in [-0.1, -0.05) is 48.5 Å². The molecule has 1 unspecified atom stereocenters. The Morgan fingerprint density at radius 2 is 1.71 bits per heavy atom. The molecule has 0 saturated carbocycles. The molecule has 1 aliphatic rings. The fourth-order valence-electron chi connectivity index (χ4n) is 2.78. The van der Waals surface area contributed by atoms with E-state index < -0.39 is 5.24 Å². The van der Waals surface area contributed by atoms with Gasteiger partial charge in [0.1, 0.15) is 0 Å². The molecule has 1 amide bonds. The molecule has 0 bridgehead atoms. The molecule has 0 N–H and O–H groups in total. The van der Waals surface area contributed by atoms with Gasteiger partial charge < -0.3 is 4.90 Å². The Bertz CT molecular complexity index is 684. The van der Waals surface area contributed by atoms with Gasteiger partial charge in [0.2, 0.25) is 5.24 Å². The van der Waals surface area contributed by atoms with Gasteiger partial charge >= 0.3 is 0 Å². The second-order valence-corrected chi connectivity index (χ2v) is 5.50. The zero-order valence-corrected chi connectivity index (χ0v) is 12.1. The highest BCUT2D eigenvalue weighted by Gasteiger charge is 2.37. The van der Waals surface area contributed by atoms with Gasteiger partial charge in [0.05, 0.1) is 6.04 Å². The van der Waals surface area contributed by atoms with Crippen molar-refractivity contribution in [3.05, 3.63) is 71.3 Å². The molecule has 1 atom stereocenters. The highest BCUT2D eigenvalue weighted by Crippen LogP contribution is 2.37. The molecule has 1 heterocycles. The van der Waals surface area contributed by atoms with Gasteiger partial charge in [-0.2, -0.15) is 0 Å². The summed E-state index contributed by atoms with van der Waals surface area (Å²) in [7, 11) is 0. The summed E-state index contributed by atoms with van der Waals surface area (Å²) in [5.74, 6) is -0.0441. The summed E-state index contributed by atoms with van der Waals surface area (Å²) in [6.45, 7) is 0.475. The lowest BCUT2D eigenvalue weighted by Crippen LogP contribution is -2.28. The largest absolute Gasteiger partial charge is 0.327 e. The maximum atomic E-state index is 12.6. The van der Waals surface area contributed by atoms with Crippen LogP contribution in [0, 0.1) is 0 Å².